The van der Waals surface area contributed by atoms with Crippen LogP contribution in [0.25, 0.3) is 6.08 Å². The van der Waals surface area contributed by atoms with Gasteiger partial charge in [0.2, 0.25) is 0 Å². The van der Waals surface area contributed by atoms with Gasteiger partial charge in [-0.25, -0.2) is 0 Å². The Labute approximate surface area is 145 Å². The fraction of sp³-hybridized carbons (Fsp3) is 0.273. The molecule has 0 unspecified atom stereocenters. The van der Waals surface area contributed by atoms with Gasteiger partial charge in [-0.3, -0.25) is 4.79 Å². The maximum atomic E-state index is 10.9. The SMILES string of the molecule is CC(=O)/C(C)=C/c1ccccc1.Cc1ccc(CCCC=O)cc1. The molecule has 0 saturated carbocycles. The van der Waals surface area contributed by atoms with E-state index in [0.717, 1.165) is 30.3 Å². The second-order valence-corrected chi connectivity index (χ2v) is 5.84. The number of carbonyl (C=O) groups excluding carboxylic acids is 2. The summed E-state index contributed by atoms with van der Waals surface area (Å²) in [5.41, 5.74) is 4.47. The van der Waals surface area contributed by atoms with Gasteiger partial charge in [0.25, 0.3) is 0 Å². The zero-order chi connectivity index (χ0) is 17.8. The van der Waals surface area contributed by atoms with Crippen LogP contribution in [0.4, 0.5) is 0 Å². The third-order valence-electron chi connectivity index (χ3n) is 3.65. The van der Waals surface area contributed by atoms with Gasteiger partial charge in [0, 0.05) is 6.42 Å². The molecule has 0 fully saturated rings. The molecule has 0 aliphatic carbocycles. The maximum Gasteiger partial charge on any atom is 0.155 e. The first-order valence-electron chi connectivity index (χ1n) is 8.26. The van der Waals surface area contributed by atoms with Crippen LogP contribution in [-0.4, -0.2) is 12.1 Å². The molecule has 0 amide bonds. The molecule has 0 N–H and O–H groups in total. The molecule has 2 nitrogen and oxygen atoms in total. The van der Waals surface area contributed by atoms with Crippen molar-refractivity contribution in [3.63, 3.8) is 0 Å². The second kappa shape index (κ2) is 11.1. The summed E-state index contributed by atoms with van der Waals surface area (Å²) in [6.07, 6.45) is 5.52. The smallest absolute Gasteiger partial charge is 0.155 e. The predicted octanol–water partition coefficient (Wildman–Crippen LogP) is 5.20. The molecule has 2 rings (SSSR count). The fourth-order valence-corrected chi connectivity index (χ4v) is 2.05. The molecule has 0 aromatic heterocycles. The predicted molar refractivity (Wildman–Crippen MR) is 101 cm³/mol. The lowest BCUT2D eigenvalue weighted by atomic mass is 10.1. The summed E-state index contributed by atoms with van der Waals surface area (Å²) in [5, 5.41) is 0. The number of rotatable bonds is 6. The topological polar surface area (TPSA) is 34.1 Å². The normalized spacial score (nSPS) is 10.5. The fourth-order valence-electron chi connectivity index (χ4n) is 2.05. The molecule has 0 bridgehead atoms. The lowest BCUT2D eigenvalue weighted by Crippen LogP contribution is -1.90. The van der Waals surface area contributed by atoms with Gasteiger partial charge in [0.15, 0.2) is 5.78 Å². The van der Waals surface area contributed by atoms with Gasteiger partial charge in [-0.2, -0.15) is 0 Å². The van der Waals surface area contributed by atoms with Gasteiger partial charge < -0.3 is 4.79 Å². The van der Waals surface area contributed by atoms with E-state index in [1.807, 2.05) is 43.3 Å². The first-order valence-corrected chi connectivity index (χ1v) is 8.26. The van der Waals surface area contributed by atoms with Gasteiger partial charge in [-0.15, -0.1) is 0 Å². The van der Waals surface area contributed by atoms with Crippen molar-refractivity contribution >= 4 is 18.1 Å². The highest BCUT2D eigenvalue weighted by Gasteiger charge is 1.95. The number of Topliss-reactive ketones (excluding diaryl/α,β-unsaturated/α-hetero) is 1. The minimum atomic E-state index is 0.124. The highest BCUT2D eigenvalue weighted by molar-refractivity contribution is 5.97. The monoisotopic (exact) mass is 322 g/mol. The number of carbonyl (C=O) groups is 2. The highest BCUT2D eigenvalue weighted by Crippen LogP contribution is 2.07. The molecule has 0 spiro atoms. The van der Waals surface area contributed by atoms with E-state index in [4.69, 9.17) is 0 Å². The molecule has 2 aromatic carbocycles. The van der Waals surface area contributed by atoms with Crippen molar-refractivity contribution < 1.29 is 9.59 Å². The Hall–Kier alpha value is -2.48. The number of benzene rings is 2. The first kappa shape index (κ1) is 19.6. The Kier molecular flexibility index (Phi) is 9.06. The van der Waals surface area contributed by atoms with E-state index in [9.17, 15) is 9.59 Å². The van der Waals surface area contributed by atoms with Crippen molar-refractivity contribution in [3.05, 3.63) is 76.9 Å². The van der Waals surface area contributed by atoms with Crippen LogP contribution in [0.5, 0.6) is 0 Å². The Morgan fingerprint density at radius 1 is 0.958 bits per heavy atom. The molecular formula is C22H26O2. The Balaban J connectivity index is 0.000000240. The molecule has 0 radical (unpaired) electrons. The van der Waals surface area contributed by atoms with E-state index < -0.39 is 0 Å². The number of unbranched alkanes of at least 4 members (excludes halogenated alkanes) is 1. The van der Waals surface area contributed by atoms with Crippen molar-refractivity contribution in [3.8, 4) is 0 Å². The van der Waals surface area contributed by atoms with E-state index in [2.05, 4.69) is 31.2 Å². The van der Waals surface area contributed by atoms with E-state index in [0.29, 0.717) is 6.42 Å². The number of hydrogen-bond donors (Lipinski definition) is 0. The van der Waals surface area contributed by atoms with Gasteiger partial charge in [-0.05, 0) is 56.4 Å². The average molecular weight is 322 g/mol. The molecule has 0 aliphatic heterocycles. The Morgan fingerprint density at radius 2 is 1.58 bits per heavy atom. The van der Waals surface area contributed by atoms with Crippen LogP contribution in [0.3, 0.4) is 0 Å². The van der Waals surface area contributed by atoms with Crippen molar-refractivity contribution in [1.82, 2.24) is 0 Å². The maximum absolute atomic E-state index is 10.9. The second-order valence-electron chi connectivity index (χ2n) is 5.84. The molecule has 2 heteroatoms. The zero-order valence-corrected chi connectivity index (χ0v) is 14.8. The molecular weight excluding hydrogens is 296 g/mol. The van der Waals surface area contributed by atoms with Crippen LogP contribution in [0, 0.1) is 6.92 Å². The molecule has 0 aliphatic rings. The lowest BCUT2D eigenvalue weighted by Gasteiger charge is -1.98. The lowest BCUT2D eigenvalue weighted by molar-refractivity contribution is -0.113. The van der Waals surface area contributed by atoms with E-state index in [1.54, 1.807) is 6.92 Å². The highest BCUT2D eigenvalue weighted by atomic mass is 16.1. The standard InChI is InChI=1S/C11H12O.C11H14O/c1-9(10(2)12)8-11-6-4-3-5-7-11;1-10-5-7-11(8-6-10)4-2-3-9-12/h3-8H,1-2H3;5-9H,2-4H2,1H3/b9-8+;. The average Bonchev–Trinajstić information content (AvgIpc) is 2.58. The van der Waals surface area contributed by atoms with Crippen LogP contribution >= 0.6 is 0 Å². The molecule has 0 atom stereocenters. The number of aryl methyl sites for hydroxylation is 2. The van der Waals surface area contributed by atoms with Gasteiger partial charge in [-0.1, -0.05) is 60.2 Å². The largest absolute Gasteiger partial charge is 0.303 e. The number of ketones is 1. The van der Waals surface area contributed by atoms with Crippen LogP contribution in [-0.2, 0) is 16.0 Å². The molecule has 0 heterocycles. The van der Waals surface area contributed by atoms with E-state index in [1.165, 1.54) is 11.1 Å². The van der Waals surface area contributed by atoms with Crippen molar-refractivity contribution in [2.45, 2.75) is 40.0 Å². The summed E-state index contributed by atoms with van der Waals surface area (Å²) >= 11 is 0. The van der Waals surface area contributed by atoms with E-state index in [-0.39, 0.29) is 5.78 Å². The third kappa shape index (κ3) is 8.23. The van der Waals surface area contributed by atoms with E-state index >= 15 is 0 Å². The van der Waals surface area contributed by atoms with Gasteiger partial charge in [0.1, 0.15) is 6.29 Å². The third-order valence-corrected chi connectivity index (χ3v) is 3.65. The number of allylic oxidation sites excluding steroid dienone is 1. The van der Waals surface area contributed by atoms with Crippen LogP contribution < -0.4 is 0 Å². The molecule has 2 aromatic rings. The van der Waals surface area contributed by atoms with Crippen molar-refractivity contribution in [2.24, 2.45) is 0 Å². The Bertz CT molecular complexity index is 652. The first-order chi connectivity index (χ1) is 11.5. The summed E-state index contributed by atoms with van der Waals surface area (Å²) in [5.74, 6) is 0.124. The minimum absolute atomic E-state index is 0.124. The van der Waals surface area contributed by atoms with Crippen molar-refractivity contribution in [1.29, 1.82) is 0 Å². The summed E-state index contributed by atoms with van der Waals surface area (Å²) < 4.78 is 0. The quantitative estimate of drug-likeness (QED) is 0.416. The van der Waals surface area contributed by atoms with Crippen LogP contribution in [0.1, 0.15) is 43.4 Å². The zero-order valence-electron chi connectivity index (χ0n) is 14.8. The molecule has 126 valence electrons. The summed E-state index contributed by atoms with van der Waals surface area (Å²) in [4.78, 5) is 20.9. The van der Waals surface area contributed by atoms with Gasteiger partial charge in [0.05, 0.1) is 0 Å². The van der Waals surface area contributed by atoms with Gasteiger partial charge >= 0.3 is 0 Å². The summed E-state index contributed by atoms with van der Waals surface area (Å²) in [7, 11) is 0. The van der Waals surface area contributed by atoms with Crippen LogP contribution in [0.15, 0.2) is 60.2 Å². The minimum Gasteiger partial charge on any atom is -0.303 e. The van der Waals surface area contributed by atoms with Crippen LogP contribution in [0.2, 0.25) is 0 Å². The number of aldehydes is 1. The summed E-state index contributed by atoms with van der Waals surface area (Å²) in [6, 6.07) is 18.3. The molecule has 0 saturated heterocycles. The molecule has 24 heavy (non-hydrogen) atoms. The summed E-state index contributed by atoms with van der Waals surface area (Å²) in [6.45, 7) is 5.49. The van der Waals surface area contributed by atoms with Crippen molar-refractivity contribution in [2.75, 3.05) is 0 Å². The number of hydrogen-bond acceptors (Lipinski definition) is 2. The Morgan fingerprint density at radius 3 is 2.12 bits per heavy atom.